The van der Waals surface area contributed by atoms with Gasteiger partial charge in [-0.2, -0.15) is 0 Å². The van der Waals surface area contributed by atoms with Crippen LogP contribution in [0.1, 0.15) is 44.7 Å². The zero-order valence-electron chi connectivity index (χ0n) is 17.9. The second kappa shape index (κ2) is 11.7. The van der Waals surface area contributed by atoms with Crippen molar-refractivity contribution in [3.8, 4) is 0 Å². The van der Waals surface area contributed by atoms with E-state index < -0.39 is 6.04 Å². The normalized spacial score (nSPS) is 12.8. The van der Waals surface area contributed by atoms with E-state index in [1.165, 1.54) is 5.56 Å². The van der Waals surface area contributed by atoms with Crippen LogP contribution in [0.3, 0.4) is 0 Å². The molecule has 2 aromatic rings. The molecular weight excluding hydrogens is 380 g/mol. The highest BCUT2D eigenvalue weighted by molar-refractivity contribution is 7.99. The Morgan fingerprint density at radius 3 is 2.31 bits per heavy atom. The molecule has 0 saturated heterocycles. The molecule has 0 heterocycles. The van der Waals surface area contributed by atoms with E-state index in [0.29, 0.717) is 18.7 Å². The molecule has 0 fully saturated rings. The number of hydrogen-bond donors (Lipinski definition) is 1. The summed E-state index contributed by atoms with van der Waals surface area (Å²) in [5, 5.41) is 3.00. The molecule has 0 aliphatic heterocycles. The molecule has 0 aliphatic carbocycles. The minimum atomic E-state index is -0.513. The zero-order valence-corrected chi connectivity index (χ0v) is 18.7. The first kappa shape index (κ1) is 23.0. The summed E-state index contributed by atoms with van der Waals surface area (Å²) in [6, 6.07) is 17.7. The maximum absolute atomic E-state index is 13.0. The summed E-state index contributed by atoms with van der Waals surface area (Å²) in [6.07, 6.45) is 1.25. The lowest BCUT2D eigenvalue weighted by molar-refractivity contribution is -0.140. The Bertz CT molecular complexity index is 777. The summed E-state index contributed by atoms with van der Waals surface area (Å²) >= 11 is 1.67. The van der Waals surface area contributed by atoms with Crippen LogP contribution in [0.5, 0.6) is 0 Å². The molecule has 2 amide bonds. The molecule has 2 aromatic carbocycles. The van der Waals surface area contributed by atoms with Crippen molar-refractivity contribution in [2.45, 2.75) is 64.1 Å². The van der Waals surface area contributed by atoms with Crippen molar-refractivity contribution < 1.29 is 9.59 Å². The Morgan fingerprint density at radius 2 is 1.69 bits per heavy atom. The summed E-state index contributed by atoms with van der Waals surface area (Å²) in [6.45, 7) is 8.32. The summed E-state index contributed by atoms with van der Waals surface area (Å²) in [4.78, 5) is 28.5. The van der Waals surface area contributed by atoms with Gasteiger partial charge in [-0.25, -0.2) is 0 Å². The Kier molecular flexibility index (Phi) is 9.26. The summed E-state index contributed by atoms with van der Waals surface area (Å²) in [5.41, 5.74) is 2.25. The second-order valence-electron chi connectivity index (χ2n) is 7.41. The van der Waals surface area contributed by atoms with E-state index >= 15 is 0 Å². The molecule has 2 rings (SSSR count). The lowest BCUT2D eigenvalue weighted by atomic mass is 10.1. The van der Waals surface area contributed by atoms with Crippen LogP contribution in [-0.4, -0.2) is 34.6 Å². The average molecular weight is 413 g/mol. The third-order valence-corrected chi connectivity index (χ3v) is 5.98. The van der Waals surface area contributed by atoms with E-state index in [2.05, 4.69) is 36.5 Å². The molecule has 0 aliphatic rings. The van der Waals surface area contributed by atoms with E-state index in [1.54, 1.807) is 16.7 Å². The molecule has 29 heavy (non-hydrogen) atoms. The molecule has 156 valence electrons. The molecule has 0 saturated carbocycles. The monoisotopic (exact) mass is 412 g/mol. The minimum Gasteiger partial charge on any atom is -0.352 e. The van der Waals surface area contributed by atoms with Crippen LogP contribution in [0.4, 0.5) is 0 Å². The van der Waals surface area contributed by atoms with Gasteiger partial charge >= 0.3 is 0 Å². The number of hydrogen-bond acceptors (Lipinski definition) is 3. The Labute approximate surface area is 179 Å². The van der Waals surface area contributed by atoms with Crippen LogP contribution < -0.4 is 5.32 Å². The fraction of sp³-hybridized carbons (Fsp3) is 0.417. The van der Waals surface area contributed by atoms with Gasteiger partial charge in [0.05, 0.1) is 0 Å². The third kappa shape index (κ3) is 7.58. The van der Waals surface area contributed by atoms with Crippen molar-refractivity contribution in [1.29, 1.82) is 0 Å². The van der Waals surface area contributed by atoms with Gasteiger partial charge in [-0.3, -0.25) is 9.59 Å². The maximum atomic E-state index is 13.0. The summed E-state index contributed by atoms with van der Waals surface area (Å²) < 4.78 is 0. The number of amides is 2. The van der Waals surface area contributed by atoms with E-state index in [0.717, 1.165) is 16.9 Å². The molecule has 5 heteroatoms. The fourth-order valence-corrected chi connectivity index (χ4v) is 3.70. The van der Waals surface area contributed by atoms with Crippen molar-refractivity contribution in [3.63, 3.8) is 0 Å². The predicted octanol–water partition coefficient (Wildman–Crippen LogP) is 4.81. The number of nitrogens with one attached hydrogen (secondary N) is 1. The number of thioether (sulfide) groups is 1. The van der Waals surface area contributed by atoms with Gasteiger partial charge in [-0.05, 0) is 44.9 Å². The molecule has 2 atom stereocenters. The molecule has 0 unspecified atom stereocenters. The molecule has 0 radical (unpaired) electrons. The van der Waals surface area contributed by atoms with Crippen LogP contribution in [-0.2, 0) is 16.1 Å². The number of benzene rings is 2. The van der Waals surface area contributed by atoms with Gasteiger partial charge in [-0.1, -0.05) is 55.0 Å². The first-order valence-electron chi connectivity index (χ1n) is 10.2. The Hall–Kier alpha value is -2.27. The average Bonchev–Trinajstić information content (AvgIpc) is 2.73. The lowest BCUT2D eigenvalue weighted by Crippen LogP contribution is -2.49. The number of aryl methyl sites for hydroxylation is 1. The van der Waals surface area contributed by atoms with Crippen molar-refractivity contribution in [3.05, 3.63) is 65.7 Å². The third-order valence-electron chi connectivity index (χ3n) is 4.97. The van der Waals surface area contributed by atoms with Crippen LogP contribution in [0.25, 0.3) is 0 Å². The Balaban J connectivity index is 2.03. The van der Waals surface area contributed by atoms with Gasteiger partial charge < -0.3 is 10.2 Å². The van der Waals surface area contributed by atoms with Gasteiger partial charge in [-0.15, -0.1) is 11.8 Å². The van der Waals surface area contributed by atoms with Gasteiger partial charge in [0.1, 0.15) is 6.04 Å². The van der Waals surface area contributed by atoms with E-state index in [4.69, 9.17) is 0 Å². The number of nitrogens with zero attached hydrogens (tertiary/aromatic N) is 1. The summed E-state index contributed by atoms with van der Waals surface area (Å²) in [7, 11) is 0. The topological polar surface area (TPSA) is 49.4 Å². The van der Waals surface area contributed by atoms with Gasteiger partial charge in [0.15, 0.2) is 0 Å². The quantitative estimate of drug-likeness (QED) is 0.570. The van der Waals surface area contributed by atoms with Crippen molar-refractivity contribution in [2.75, 3.05) is 5.75 Å². The number of carbonyl (C=O) groups excluding carboxylic acids is 2. The highest BCUT2D eigenvalue weighted by Gasteiger charge is 2.26. The van der Waals surface area contributed by atoms with Crippen LogP contribution in [0.15, 0.2) is 59.5 Å². The molecule has 4 nitrogen and oxygen atoms in total. The van der Waals surface area contributed by atoms with Crippen molar-refractivity contribution in [2.24, 2.45) is 0 Å². The molecule has 1 N–H and O–H groups in total. The minimum absolute atomic E-state index is 0.000247. The van der Waals surface area contributed by atoms with Crippen LogP contribution in [0.2, 0.25) is 0 Å². The van der Waals surface area contributed by atoms with Crippen molar-refractivity contribution >= 4 is 23.6 Å². The maximum Gasteiger partial charge on any atom is 0.242 e. The molecule has 0 spiro atoms. The standard InChI is InChI=1S/C24H32N2O2S/c1-5-19(3)25-24(28)20(4)26(17-21-9-7-6-8-10-21)23(27)15-16-29-22-13-11-18(2)12-14-22/h6-14,19-20H,5,15-17H2,1-4H3,(H,25,28)/t19-,20-/m1/s1. The van der Waals surface area contributed by atoms with E-state index in [-0.39, 0.29) is 17.9 Å². The number of carbonyl (C=O) groups is 2. The molecule has 0 aromatic heterocycles. The lowest BCUT2D eigenvalue weighted by Gasteiger charge is -2.29. The van der Waals surface area contributed by atoms with Gasteiger partial charge in [0.2, 0.25) is 11.8 Å². The molecular formula is C24H32N2O2S. The van der Waals surface area contributed by atoms with Gasteiger partial charge in [0.25, 0.3) is 0 Å². The highest BCUT2D eigenvalue weighted by atomic mass is 32.2. The number of rotatable bonds is 10. The smallest absolute Gasteiger partial charge is 0.242 e. The van der Waals surface area contributed by atoms with Crippen LogP contribution in [0, 0.1) is 6.92 Å². The van der Waals surface area contributed by atoms with E-state index in [1.807, 2.05) is 51.1 Å². The SMILES string of the molecule is CC[C@@H](C)NC(=O)[C@@H](C)N(Cc1ccccc1)C(=O)CCSc1ccc(C)cc1. The van der Waals surface area contributed by atoms with E-state index in [9.17, 15) is 9.59 Å². The van der Waals surface area contributed by atoms with Crippen LogP contribution >= 0.6 is 11.8 Å². The van der Waals surface area contributed by atoms with Gasteiger partial charge in [0, 0.05) is 29.7 Å². The summed E-state index contributed by atoms with van der Waals surface area (Å²) in [5.74, 6) is 0.586. The fourth-order valence-electron chi connectivity index (χ4n) is 2.86. The first-order valence-corrected chi connectivity index (χ1v) is 11.2. The Morgan fingerprint density at radius 1 is 1.03 bits per heavy atom. The zero-order chi connectivity index (χ0) is 21.2. The first-order chi connectivity index (χ1) is 13.9. The van der Waals surface area contributed by atoms with Crippen molar-refractivity contribution in [1.82, 2.24) is 10.2 Å². The highest BCUT2D eigenvalue weighted by Crippen LogP contribution is 2.20. The second-order valence-corrected chi connectivity index (χ2v) is 8.58. The predicted molar refractivity (Wildman–Crippen MR) is 121 cm³/mol. The molecule has 0 bridgehead atoms. The largest absolute Gasteiger partial charge is 0.352 e.